The van der Waals surface area contributed by atoms with E-state index in [2.05, 4.69) is 4.74 Å². The van der Waals surface area contributed by atoms with Crippen LogP contribution in [0.1, 0.15) is 0 Å². The average molecular weight is 102 g/mol. The Balaban J connectivity index is 3.49. The van der Waals surface area contributed by atoms with Gasteiger partial charge < -0.3 is 9.84 Å². The summed E-state index contributed by atoms with van der Waals surface area (Å²) in [6, 6.07) is 0. The molecule has 7 heavy (non-hydrogen) atoms. The maximum atomic E-state index is 9.46. The lowest BCUT2D eigenvalue weighted by Crippen LogP contribution is -1.82. The minimum atomic E-state index is -0.366. The highest BCUT2D eigenvalue weighted by Crippen LogP contribution is 1.81. The molecule has 0 aliphatic heterocycles. The van der Waals surface area contributed by atoms with Gasteiger partial charge in [-0.2, -0.15) is 0 Å². The summed E-state index contributed by atoms with van der Waals surface area (Å²) in [5, 5.41) is 8.27. The lowest BCUT2D eigenvalue weighted by Gasteiger charge is -1.89. The van der Waals surface area contributed by atoms with E-state index in [1.54, 1.807) is 0 Å². The molecule has 0 aromatic heterocycles. The predicted molar refractivity (Wildman–Crippen MR) is 23.8 cm³/mol. The molecule has 0 fully saturated rings. The zero-order chi connectivity index (χ0) is 5.70. The molecule has 0 aliphatic carbocycles. The van der Waals surface area contributed by atoms with Gasteiger partial charge in [-0.15, -0.1) is 0 Å². The van der Waals surface area contributed by atoms with Gasteiger partial charge in [0, 0.05) is 0 Å². The van der Waals surface area contributed by atoms with E-state index >= 15 is 0 Å². The Labute approximate surface area is 41.2 Å². The molecule has 0 aromatic rings. The van der Waals surface area contributed by atoms with Gasteiger partial charge in [-0.25, -0.2) is 0 Å². The second-order valence-electron chi connectivity index (χ2n) is 0.845. The Morgan fingerprint density at radius 2 is 2.43 bits per heavy atom. The molecule has 3 heteroatoms. The van der Waals surface area contributed by atoms with E-state index in [0.717, 1.165) is 6.08 Å². The first-order valence-electron chi connectivity index (χ1n) is 1.69. The molecule has 1 N–H and O–H groups in total. The van der Waals surface area contributed by atoms with Crippen molar-refractivity contribution >= 4 is 6.29 Å². The van der Waals surface area contributed by atoms with Crippen LogP contribution in [0.2, 0.25) is 0 Å². The second kappa shape index (κ2) is 3.21. The Morgan fingerprint density at radius 3 is 2.57 bits per heavy atom. The van der Waals surface area contributed by atoms with Gasteiger partial charge in [0.1, 0.15) is 6.29 Å². The molecular weight excluding hydrogens is 96.0 g/mol. The van der Waals surface area contributed by atoms with Crippen molar-refractivity contribution in [2.45, 2.75) is 0 Å². The van der Waals surface area contributed by atoms with E-state index in [1.165, 1.54) is 7.11 Å². The molecule has 0 rings (SSSR count). The molecular formula is C4H6O3. The van der Waals surface area contributed by atoms with Crippen LogP contribution in [0.3, 0.4) is 0 Å². The van der Waals surface area contributed by atoms with E-state index in [4.69, 9.17) is 5.11 Å². The van der Waals surface area contributed by atoms with Crippen molar-refractivity contribution < 1.29 is 14.6 Å². The molecule has 0 aromatic carbocycles. The Morgan fingerprint density at radius 1 is 1.86 bits per heavy atom. The maximum absolute atomic E-state index is 9.46. The number of aliphatic hydroxyl groups excluding tert-OH is 1. The SMILES string of the molecule is CO/C(O)=C\C=O. The van der Waals surface area contributed by atoms with Gasteiger partial charge in [-0.3, -0.25) is 4.79 Å². The Bertz CT molecular complexity index is 84.9. The quantitative estimate of drug-likeness (QED) is 0.308. The highest BCUT2D eigenvalue weighted by Gasteiger charge is 1.80. The van der Waals surface area contributed by atoms with Crippen molar-refractivity contribution in [3.8, 4) is 0 Å². The van der Waals surface area contributed by atoms with Crippen molar-refractivity contribution in [1.82, 2.24) is 0 Å². The third-order valence-electron chi connectivity index (χ3n) is 0.420. The number of hydrogen-bond acceptors (Lipinski definition) is 3. The fraction of sp³-hybridized carbons (Fsp3) is 0.250. The lowest BCUT2D eigenvalue weighted by molar-refractivity contribution is -0.104. The highest BCUT2D eigenvalue weighted by molar-refractivity contribution is 5.64. The Hall–Kier alpha value is -0.990. The summed E-state index contributed by atoms with van der Waals surface area (Å²) in [4.78, 5) is 9.46. The average Bonchev–Trinajstić information content (AvgIpc) is 1.68. The predicted octanol–water partition coefficient (Wildman–Crippen LogP) is 0.231. The summed E-state index contributed by atoms with van der Waals surface area (Å²) in [7, 11) is 1.27. The third-order valence-corrected chi connectivity index (χ3v) is 0.420. The van der Waals surface area contributed by atoms with Crippen LogP contribution in [0.5, 0.6) is 0 Å². The van der Waals surface area contributed by atoms with Gasteiger partial charge in [-0.05, 0) is 0 Å². The highest BCUT2D eigenvalue weighted by atomic mass is 16.6. The fourth-order valence-electron chi connectivity index (χ4n) is 0.126. The van der Waals surface area contributed by atoms with Crippen LogP contribution in [0.25, 0.3) is 0 Å². The Kier molecular flexibility index (Phi) is 2.76. The van der Waals surface area contributed by atoms with Gasteiger partial charge in [-0.1, -0.05) is 0 Å². The zero-order valence-corrected chi connectivity index (χ0v) is 3.92. The third kappa shape index (κ3) is 2.82. The molecule has 0 amide bonds. The molecule has 3 nitrogen and oxygen atoms in total. The van der Waals surface area contributed by atoms with Crippen molar-refractivity contribution in [3.05, 3.63) is 12.0 Å². The second-order valence-corrected chi connectivity index (χ2v) is 0.845. The van der Waals surface area contributed by atoms with Crippen LogP contribution < -0.4 is 0 Å². The summed E-state index contributed by atoms with van der Waals surface area (Å²) >= 11 is 0. The molecule has 40 valence electrons. The van der Waals surface area contributed by atoms with E-state index in [9.17, 15) is 4.79 Å². The number of rotatable bonds is 2. The number of carbonyl (C=O) groups excluding carboxylic acids is 1. The summed E-state index contributed by atoms with van der Waals surface area (Å²) < 4.78 is 4.18. The van der Waals surface area contributed by atoms with Crippen LogP contribution in [-0.4, -0.2) is 18.5 Å². The number of carbonyl (C=O) groups is 1. The van der Waals surface area contributed by atoms with Gasteiger partial charge >= 0.3 is 0 Å². The van der Waals surface area contributed by atoms with Crippen molar-refractivity contribution in [2.24, 2.45) is 0 Å². The lowest BCUT2D eigenvalue weighted by atomic mass is 10.7. The maximum Gasteiger partial charge on any atom is 0.279 e. The van der Waals surface area contributed by atoms with Gasteiger partial charge in [0.05, 0.1) is 13.2 Å². The van der Waals surface area contributed by atoms with E-state index in [-0.39, 0.29) is 5.95 Å². The van der Waals surface area contributed by atoms with Crippen LogP contribution >= 0.6 is 0 Å². The molecule has 0 unspecified atom stereocenters. The largest absolute Gasteiger partial charge is 0.481 e. The van der Waals surface area contributed by atoms with Gasteiger partial charge in [0.25, 0.3) is 5.95 Å². The molecule has 0 radical (unpaired) electrons. The van der Waals surface area contributed by atoms with Crippen LogP contribution in [0, 0.1) is 0 Å². The molecule has 0 bridgehead atoms. The smallest absolute Gasteiger partial charge is 0.279 e. The van der Waals surface area contributed by atoms with E-state index < -0.39 is 0 Å². The number of allylic oxidation sites excluding steroid dienone is 1. The standard InChI is InChI=1S/C4H6O3/c1-7-4(6)2-3-5/h2-3,6H,1H3/b4-2-. The molecule has 0 aliphatic rings. The normalized spacial score (nSPS) is 10.7. The first kappa shape index (κ1) is 6.01. The first-order valence-corrected chi connectivity index (χ1v) is 1.69. The zero-order valence-electron chi connectivity index (χ0n) is 3.92. The minimum Gasteiger partial charge on any atom is -0.481 e. The molecule has 0 spiro atoms. The van der Waals surface area contributed by atoms with E-state index in [1.807, 2.05) is 0 Å². The summed E-state index contributed by atoms with van der Waals surface area (Å²) in [5.41, 5.74) is 0. The minimum absolute atomic E-state index is 0.366. The van der Waals surface area contributed by atoms with Crippen LogP contribution in [0.15, 0.2) is 12.0 Å². The fourth-order valence-corrected chi connectivity index (χ4v) is 0.126. The van der Waals surface area contributed by atoms with Gasteiger partial charge in [0.15, 0.2) is 0 Å². The number of hydrogen-bond donors (Lipinski definition) is 1. The molecule has 0 saturated heterocycles. The number of aldehydes is 1. The molecule has 0 atom stereocenters. The summed E-state index contributed by atoms with van der Waals surface area (Å²) in [5.74, 6) is -0.366. The van der Waals surface area contributed by atoms with Crippen molar-refractivity contribution in [3.63, 3.8) is 0 Å². The summed E-state index contributed by atoms with van der Waals surface area (Å²) in [6.07, 6.45) is 1.36. The first-order chi connectivity index (χ1) is 3.31. The molecule has 0 heterocycles. The van der Waals surface area contributed by atoms with Crippen molar-refractivity contribution in [2.75, 3.05) is 7.11 Å². The number of ether oxygens (including phenoxy) is 1. The number of aliphatic hydroxyl groups is 1. The van der Waals surface area contributed by atoms with Crippen LogP contribution in [-0.2, 0) is 9.53 Å². The van der Waals surface area contributed by atoms with Crippen LogP contribution in [0.4, 0.5) is 0 Å². The van der Waals surface area contributed by atoms with Gasteiger partial charge in [0.2, 0.25) is 0 Å². The monoisotopic (exact) mass is 102 g/mol. The topological polar surface area (TPSA) is 46.5 Å². The summed E-state index contributed by atoms with van der Waals surface area (Å²) in [6.45, 7) is 0. The number of methoxy groups -OCH3 is 1. The van der Waals surface area contributed by atoms with Crippen molar-refractivity contribution in [1.29, 1.82) is 0 Å². The molecule has 0 saturated carbocycles. The van der Waals surface area contributed by atoms with E-state index in [0.29, 0.717) is 6.29 Å².